The van der Waals surface area contributed by atoms with Crippen LogP contribution in [0.1, 0.15) is 31.3 Å². The number of likely N-dealkylation sites (tertiary alicyclic amines) is 1. The minimum absolute atomic E-state index is 0.0885. The number of carbonyl (C=O) groups excluding carboxylic acids is 1. The van der Waals surface area contributed by atoms with Crippen LogP contribution < -0.4 is 0 Å². The van der Waals surface area contributed by atoms with E-state index in [2.05, 4.69) is 6.92 Å². The van der Waals surface area contributed by atoms with Gasteiger partial charge in [-0.15, -0.1) is 0 Å². The number of rotatable bonds is 2. The van der Waals surface area contributed by atoms with Crippen LogP contribution in [0.5, 0.6) is 0 Å². The summed E-state index contributed by atoms with van der Waals surface area (Å²) in [5, 5.41) is 0. The highest BCUT2D eigenvalue weighted by atomic mass is 16.3. The Morgan fingerprint density at radius 2 is 2.35 bits per heavy atom. The molecule has 0 aromatic carbocycles. The third kappa shape index (κ3) is 3.22. The Morgan fingerprint density at radius 3 is 3.00 bits per heavy atom. The van der Waals surface area contributed by atoms with Gasteiger partial charge in [-0.3, -0.25) is 4.79 Å². The van der Waals surface area contributed by atoms with Crippen molar-refractivity contribution in [3.05, 3.63) is 29.7 Å². The number of amides is 1. The van der Waals surface area contributed by atoms with Crippen LogP contribution in [0.4, 0.5) is 0 Å². The van der Waals surface area contributed by atoms with Gasteiger partial charge in [-0.05, 0) is 43.9 Å². The zero-order valence-electron chi connectivity index (χ0n) is 10.5. The molecule has 0 bridgehead atoms. The van der Waals surface area contributed by atoms with Crippen molar-refractivity contribution in [1.82, 2.24) is 4.90 Å². The molecule has 92 valence electrons. The maximum atomic E-state index is 11.9. The fourth-order valence-corrected chi connectivity index (χ4v) is 2.19. The van der Waals surface area contributed by atoms with Gasteiger partial charge in [-0.2, -0.15) is 0 Å². The van der Waals surface area contributed by atoms with Crippen LogP contribution in [-0.4, -0.2) is 23.9 Å². The Morgan fingerprint density at radius 1 is 1.53 bits per heavy atom. The van der Waals surface area contributed by atoms with Crippen LogP contribution >= 0.6 is 0 Å². The van der Waals surface area contributed by atoms with E-state index >= 15 is 0 Å². The zero-order chi connectivity index (χ0) is 12.3. The SMILES string of the molecule is Cc1ccc(C=CC(=O)N2CCCC(C)C2)o1. The highest BCUT2D eigenvalue weighted by Gasteiger charge is 2.18. The lowest BCUT2D eigenvalue weighted by molar-refractivity contribution is -0.127. The van der Waals surface area contributed by atoms with Crippen molar-refractivity contribution < 1.29 is 9.21 Å². The summed E-state index contributed by atoms with van der Waals surface area (Å²) in [6.45, 7) is 5.84. The molecule has 1 unspecified atom stereocenters. The van der Waals surface area contributed by atoms with Gasteiger partial charge in [0.25, 0.3) is 0 Å². The van der Waals surface area contributed by atoms with Crippen molar-refractivity contribution in [1.29, 1.82) is 0 Å². The first-order valence-corrected chi connectivity index (χ1v) is 6.18. The van der Waals surface area contributed by atoms with E-state index in [1.54, 1.807) is 12.2 Å². The Balaban J connectivity index is 1.94. The first kappa shape index (κ1) is 12.0. The Bertz CT molecular complexity index is 420. The minimum Gasteiger partial charge on any atom is -0.462 e. The molecular formula is C14H19NO2. The first-order valence-electron chi connectivity index (χ1n) is 6.18. The van der Waals surface area contributed by atoms with Crippen molar-refractivity contribution in [2.75, 3.05) is 13.1 Å². The largest absolute Gasteiger partial charge is 0.462 e. The Labute approximate surface area is 102 Å². The summed E-state index contributed by atoms with van der Waals surface area (Å²) in [6.07, 6.45) is 5.69. The van der Waals surface area contributed by atoms with E-state index in [1.807, 2.05) is 24.0 Å². The van der Waals surface area contributed by atoms with Crippen molar-refractivity contribution in [3.8, 4) is 0 Å². The predicted octanol–water partition coefficient (Wildman–Crippen LogP) is 2.86. The molecule has 0 aliphatic carbocycles. The fourth-order valence-electron chi connectivity index (χ4n) is 2.19. The van der Waals surface area contributed by atoms with Gasteiger partial charge in [-0.25, -0.2) is 0 Å². The van der Waals surface area contributed by atoms with Crippen LogP contribution in [0.2, 0.25) is 0 Å². The fraction of sp³-hybridized carbons (Fsp3) is 0.500. The summed E-state index contributed by atoms with van der Waals surface area (Å²) in [5.74, 6) is 2.31. The maximum Gasteiger partial charge on any atom is 0.246 e. The second-order valence-corrected chi connectivity index (χ2v) is 4.81. The number of hydrogen-bond donors (Lipinski definition) is 0. The molecule has 1 aromatic rings. The number of hydrogen-bond acceptors (Lipinski definition) is 2. The quantitative estimate of drug-likeness (QED) is 0.736. The molecule has 2 rings (SSSR count). The molecule has 0 N–H and O–H groups in total. The van der Waals surface area contributed by atoms with Crippen LogP contribution in [-0.2, 0) is 4.79 Å². The molecular weight excluding hydrogens is 214 g/mol. The minimum atomic E-state index is 0.0885. The van der Waals surface area contributed by atoms with Crippen LogP contribution in [0, 0.1) is 12.8 Å². The maximum absolute atomic E-state index is 11.9. The Kier molecular flexibility index (Phi) is 3.67. The molecule has 17 heavy (non-hydrogen) atoms. The molecule has 1 amide bonds. The molecule has 1 aromatic heterocycles. The standard InChI is InChI=1S/C14H19NO2/c1-11-4-3-9-15(10-11)14(16)8-7-13-6-5-12(2)17-13/h5-8,11H,3-4,9-10H2,1-2H3. The molecule has 1 fully saturated rings. The average Bonchev–Trinajstić information content (AvgIpc) is 2.72. The summed E-state index contributed by atoms with van der Waals surface area (Å²) in [4.78, 5) is 13.8. The van der Waals surface area contributed by atoms with Crippen molar-refractivity contribution in [2.24, 2.45) is 5.92 Å². The first-order chi connectivity index (χ1) is 8.15. The van der Waals surface area contributed by atoms with Gasteiger partial charge >= 0.3 is 0 Å². The smallest absolute Gasteiger partial charge is 0.246 e. The molecule has 3 nitrogen and oxygen atoms in total. The summed E-state index contributed by atoms with van der Waals surface area (Å²) >= 11 is 0. The van der Waals surface area contributed by atoms with Crippen molar-refractivity contribution in [3.63, 3.8) is 0 Å². The lowest BCUT2D eigenvalue weighted by Crippen LogP contribution is -2.38. The van der Waals surface area contributed by atoms with Gasteiger partial charge in [0.2, 0.25) is 5.91 Å². The number of piperidine rings is 1. The second kappa shape index (κ2) is 5.21. The number of nitrogens with zero attached hydrogens (tertiary/aromatic N) is 1. The lowest BCUT2D eigenvalue weighted by atomic mass is 10.0. The summed E-state index contributed by atoms with van der Waals surface area (Å²) in [7, 11) is 0. The van der Waals surface area contributed by atoms with E-state index < -0.39 is 0 Å². The summed E-state index contributed by atoms with van der Waals surface area (Å²) < 4.78 is 5.38. The molecule has 1 saturated heterocycles. The monoisotopic (exact) mass is 233 g/mol. The van der Waals surface area contributed by atoms with Gasteiger partial charge in [0.15, 0.2) is 0 Å². The summed E-state index contributed by atoms with van der Waals surface area (Å²) in [5.41, 5.74) is 0. The number of furan rings is 1. The molecule has 0 spiro atoms. The van der Waals surface area contributed by atoms with Gasteiger partial charge in [0, 0.05) is 19.2 Å². The second-order valence-electron chi connectivity index (χ2n) is 4.81. The normalized spacial score (nSPS) is 21.1. The molecule has 1 aliphatic rings. The Hall–Kier alpha value is -1.51. The van der Waals surface area contributed by atoms with E-state index in [0.717, 1.165) is 31.0 Å². The third-order valence-corrected chi connectivity index (χ3v) is 3.12. The zero-order valence-corrected chi connectivity index (χ0v) is 10.5. The van der Waals surface area contributed by atoms with E-state index in [4.69, 9.17) is 4.42 Å². The molecule has 1 atom stereocenters. The van der Waals surface area contributed by atoms with Crippen LogP contribution in [0.3, 0.4) is 0 Å². The molecule has 1 aliphatic heterocycles. The topological polar surface area (TPSA) is 33.5 Å². The van der Waals surface area contributed by atoms with Crippen molar-refractivity contribution in [2.45, 2.75) is 26.7 Å². The van der Waals surface area contributed by atoms with Crippen molar-refractivity contribution >= 4 is 12.0 Å². The molecule has 0 radical (unpaired) electrons. The van der Waals surface area contributed by atoms with E-state index in [9.17, 15) is 4.79 Å². The van der Waals surface area contributed by atoms with E-state index in [-0.39, 0.29) is 5.91 Å². The lowest BCUT2D eigenvalue weighted by Gasteiger charge is -2.29. The van der Waals surface area contributed by atoms with Gasteiger partial charge < -0.3 is 9.32 Å². The van der Waals surface area contributed by atoms with Crippen LogP contribution in [0.25, 0.3) is 6.08 Å². The highest BCUT2D eigenvalue weighted by molar-refractivity contribution is 5.91. The molecule has 2 heterocycles. The van der Waals surface area contributed by atoms with Crippen LogP contribution in [0.15, 0.2) is 22.6 Å². The van der Waals surface area contributed by atoms with Gasteiger partial charge in [0.1, 0.15) is 11.5 Å². The van der Waals surface area contributed by atoms with Gasteiger partial charge in [0.05, 0.1) is 0 Å². The molecule has 0 saturated carbocycles. The van der Waals surface area contributed by atoms with Gasteiger partial charge in [-0.1, -0.05) is 6.92 Å². The summed E-state index contributed by atoms with van der Waals surface area (Å²) in [6, 6.07) is 3.77. The number of carbonyl (C=O) groups is 1. The van der Waals surface area contributed by atoms with E-state index in [1.165, 1.54) is 6.42 Å². The predicted molar refractivity (Wildman–Crippen MR) is 67.5 cm³/mol. The third-order valence-electron chi connectivity index (χ3n) is 3.12. The molecule has 3 heteroatoms. The number of aryl methyl sites for hydroxylation is 1. The highest BCUT2D eigenvalue weighted by Crippen LogP contribution is 2.16. The average molecular weight is 233 g/mol. The van der Waals surface area contributed by atoms with E-state index in [0.29, 0.717) is 5.92 Å².